The van der Waals surface area contributed by atoms with Gasteiger partial charge in [-0.3, -0.25) is 4.98 Å². The minimum atomic E-state index is -1.75. The quantitative estimate of drug-likeness (QED) is 0.397. The van der Waals surface area contributed by atoms with Gasteiger partial charge in [-0.05, 0) is 53.1 Å². The van der Waals surface area contributed by atoms with Gasteiger partial charge in [0.25, 0.3) is 0 Å². The molecule has 0 bridgehead atoms. The van der Waals surface area contributed by atoms with E-state index in [4.69, 9.17) is 14.7 Å². The van der Waals surface area contributed by atoms with Gasteiger partial charge in [-0.1, -0.05) is 30.3 Å². The zero-order valence-corrected chi connectivity index (χ0v) is 18.5. The molecule has 6 nitrogen and oxygen atoms in total. The van der Waals surface area contributed by atoms with Crippen molar-refractivity contribution in [2.45, 2.75) is 12.4 Å². The van der Waals surface area contributed by atoms with Crippen LogP contribution in [-0.4, -0.2) is 17.2 Å². The number of rotatable bonds is 7. The second-order valence-corrected chi connectivity index (χ2v) is 8.09. The number of thiazole rings is 1. The van der Waals surface area contributed by atoms with Crippen LogP contribution in [0.4, 0.5) is 0 Å². The van der Waals surface area contributed by atoms with Crippen molar-refractivity contribution in [3.8, 4) is 29.0 Å². The van der Waals surface area contributed by atoms with Gasteiger partial charge in [0, 0.05) is 11.8 Å². The van der Waals surface area contributed by atoms with E-state index < -0.39 is 5.79 Å². The lowest BCUT2D eigenvalue weighted by atomic mass is 9.97. The molecule has 0 aliphatic heterocycles. The predicted octanol–water partition coefficient (Wildman–Crippen LogP) is 4.97. The summed E-state index contributed by atoms with van der Waals surface area (Å²) in [6.07, 6.45) is 1.56. The summed E-state index contributed by atoms with van der Waals surface area (Å²) in [6, 6.07) is 23.7. The van der Waals surface area contributed by atoms with Gasteiger partial charge in [-0.2, -0.15) is 10.5 Å². The van der Waals surface area contributed by atoms with E-state index in [2.05, 4.69) is 17.1 Å². The van der Waals surface area contributed by atoms with Crippen molar-refractivity contribution in [3.63, 3.8) is 0 Å². The normalized spacial score (nSPS) is 12.4. The third-order valence-electron chi connectivity index (χ3n) is 5.25. The van der Waals surface area contributed by atoms with Crippen LogP contribution >= 0.6 is 11.3 Å². The minimum Gasteiger partial charge on any atom is -0.497 e. The van der Waals surface area contributed by atoms with Crippen molar-refractivity contribution in [1.82, 2.24) is 4.98 Å². The molecule has 7 heteroatoms. The number of hydrogen-bond acceptors (Lipinski definition) is 7. The maximum Gasteiger partial charge on any atom is 0.231 e. The monoisotopic (exact) mass is 453 g/mol. The van der Waals surface area contributed by atoms with Crippen molar-refractivity contribution in [3.05, 3.63) is 106 Å². The number of hydrogen-bond donors (Lipinski definition) is 1. The summed E-state index contributed by atoms with van der Waals surface area (Å²) in [7, 11) is 1.61. The lowest BCUT2D eigenvalue weighted by Crippen LogP contribution is -2.30. The van der Waals surface area contributed by atoms with Crippen LogP contribution in [0, 0.1) is 22.7 Å². The van der Waals surface area contributed by atoms with Crippen molar-refractivity contribution in [1.29, 1.82) is 10.5 Å². The van der Waals surface area contributed by atoms with Gasteiger partial charge < -0.3 is 14.6 Å². The first kappa shape index (κ1) is 22.2. The van der Waals surface area contributed by atoms with Gasteiger partial charge in [0.2, 0.25) is 5.79 Å². The number of ether oxygens (including phenoxy) is 2. The Bertz CT molecular complexity index is 1320. The molecule has 0 amide bonds. The first-order valence-electron chi connectivity index (χ1n) is 10.0. The molecule has 1 atom stereocenters. The molecular weight excluding hydrogens is 434 g/mol. The summed E-state index contributed by atoms with van der Waals surface area (Å²) in [5.74, 6) is -1.02. The fourth-order valence-corrected chi connectivity index (χ4v) is 4.14. The SMILES string of the molecule is COc1ccc(-c2cc(C#N)ccc2COC(O)(c2ccc(C#N)cc2)c2cncs2)cc1. The molecule has 0 saturated carbocycles. The Morgan fingerprint density at radius 3 is 2.27 bits per heavy atom. The molecule has 3 aromatic carbocycles. The molecule has 162 valence electrons. The van der Waals surface area contributed by atoms with E-state index in [1.54, 1.807) is 55.2 Å². The molecule has 1 heterocycles. The molecule has 0 aliphatic rings. The van der Waals surface area contributed by atoms with Gasteiger partial charge in [-0.25, -0.2) is 0 Å². The summed E-state index contributed by atoms with van der Waals surface area (Å²) < 4.78 is 11.4. The first-order chi connectivity index (χ1) is 16.1. The number of nitrogens with zero attached hydrogens (tertiary/aromatic N) is 3. The third kappa shape index (κ3) is 4.62. The van der Waals surface area contributed by atoms with Gasteiger partial charge in [-0.15, -0.1) is 11.3 Å². The molecule has 1 unspecified atom stereocenters. The van der Waals surface area contributed by atoms with Crippen molar-refractivity contribution < 1.29 is 14.6 Å². The van der Waals surface area contributed by atoms with Crippen molar-refractivity contribution in [2.75, 3.05) is 7.11 Å². The largest absolute Gasteiger partial charge is 0.497 e. The molecule has 4 aromatic rings. The molecule has 0 spiro atoms. The highest BCUT2D eigenvalue weighted by atomic mass is 32.1. The average Bonchev–Trinajstić information content (AvgIpc) is 3.43. The van der Waals surface area contributed by atoms with Gasteiger partial charge in [0.05, 0.1) is 47.4 Å². The summed E-state index contributed by atoms with van der Waals surface area (Å²) in [5.41, 5.74) is 5.64. The summed E-state index contributed by atoms with van der Waals surface area (Å²) in [6.45, 7) is 0.0709. The van der Waals surface area contributed by atoms with Crippen LogP contribution in [0.5, 0.6) is 5.75 Å². The Morgan fingerprint density at radius 1 is 0.970 bits per heavy atom. The van der Waals surface area contributed by atoms with Crippen LogP contribution in [0.3, 0.4) is 0 Å². The molecular formula is C26H19N3O3S. The van der Waals surface area contributed by atoms with Gasteiger partial charge in [0.15, 0.2) is 0 Å². The smallest absolute Gasteiger partial charge is 0.231 e. The Hall–Kier alpha value is -4.01. The zero-order chi connectivity index (χ0) is 23.3. The van der Waals surface area contributed by atoms with E-state index in [9.17, 15) is 10.4 Å². The lowest BCUT2D eigenvalue weighted by molar-refractivity contribution is -0.186. The number of benzene rings is 3. The summed E-state index contributed by atoms with van der Waals surface area (Å²) >= 11 is 1.27. The van der Waals surface area contributed by atoms with E-state index >= 15 is 0 Å². The molecule has 1 N–H and O–H groups in total. The average molecular weight is 454 g/mol. The Balaban J connectivity index is 1.71. The molecule has 1 aromatic heterocycles. The van der Waals surface area contributed by atoms with E-state index in [1.165, 1.54) is 11.3 Å². The van der Waals surface area contributed by atoms with E-state index in [0.29, 0.717) is 21.6 Å². The fraction of sp³-hybridized carbons (Fsp3) is 0.115. The summed E-state index contributed by atoms with van der Waals surface area (Å²) in [4.78, 5) is 4.61. The molecule has 0 radical (unpaired) electrons. The van der Waals surface area contributed by atoms with E-state index in [-0.39, 0.29) is 6.61 Å². The zero-order valence-electron chi connectivity index (χ0n) is 17.7. The molecule has 0 fully saturated rings. The Labute approximate surface area is 195 Å². The van der Waals surface area contributed by atoms with Crippen molar-refractivity contribution >= 4 is 11.3 Å². The van der Waals surface area contributed by atoms with Crippen LogP contribution in [0.1, 0.15) is 27.1 Å². The number of methoxy groups -OCH3 is 1. The summed E-state index contributed by atoms with van der Waals surface area (Å²) in [5, 5.41) is 30.1. The lowest BCUT2D eigenvalue weighted by Gasteiger charge is -2.28. The molecule has 0 saturated heterocycles. The number of aliphatic hydroxyl groups is 1. The minimum absolute atomic E-state index is 0.0709. The van der Waals surface area contributed by atoms with Crippen LogP contribution in [0.15, 0.2) is 78.4 Å². The Kier molecular flexibility index (Phi) is 6.48. The number of nitriles is 2. The van der Waals surface area contributed by atoms with E-state index in [1.807, 2.05) is 30.3 Å². The molecule has 0 aliphatic carbocycles. The van der Waals surface area contributed by atoms with Crippen LogP contribution in [0.2, 0.25) is 0 Å². The Morgan fingerprint density at radius 2 is 1.67 bits per heavy atom. The highest BCUT2D eigenvalue weighted by Gasteiger charge is 2.35. The second-order valence-electron chi connectivity index (χ2n) is 7.20. The van der Waals surface area contributed by atoms with Crippen LogP contribution in [0.25, 0.3) is 11.1 Å². The highest BCUT2D eigenvalue weighted by Crippen LogP contribution is 2.36. The third-order valence-corrected chi connectivity index (χ3v) is 6.11. The fourth-order valence-electron chi connectivity index (χ4n) is 3.44. The van der Waals surface area contributed by atoms with Gasteiger partial charge >= 0.3 is 0 Å². The maximum atomic E-state index is 11.6. The topological polar surface area (TPSA) is 99.2 Å². The number of aromatic nitrogens is 1. The first-order valence-corrected chi connectivity index (χ1v) is 10.9. The predicted molar refractivity (Wildman–Crippen MR) is 124 cm³/mol. The highest BCUT2D eigenvalue weighted by molar-refractivity contribution is 7.09. The van der Waals surface area contributed by atoms with Crippen LogP contribution < -0.4 is 4.74 Å². The van der Waals surface area contributed by atoms with Crippen LogP contribution in [-0.2, 0) is 17.1 Å². The van der Waals surface area contributed by atoms with Crippen molar-refractivity contribution in [2.24, 2.45) is 0 Å². The van der Waals surface area contributed by atoms with Gasteiger partial charge in [0.1, 0.15) is 5.75 Å². The molecule has 4 rings (SSSR count). The van der Waals surface area contributed by atoms with E-state index in [0.717, 1.165) is 22.4 Å². The second kappa shape index (κ2) is 9.64. The standard InChI is InChI=1S/C26H19N3O3S/c1-31-23-10-6-20(7-11-23)24-12-19(14-28)2-5-21(24)16-32-26(30,25-15-29-17-33-25)22-8-3-18(13-27)4-9-22/h2-12,15,17,30H,16H2,1H3. The molecule has 33 heavy (non-hydrogen) atoms. The maximum absolute atomic E-state index is 11.6.